The summed E-state index contributed by atoms with van der Waals surface area (Å²) in [4.78, 5) is 18.3. The first-order valence-electron chi connectivity index (χ1n) is 8.43. The maximum atomic E-state index is 11.7. The monoisotopic (exact) mass is 400 g/mol. The second-order valence-electron chi connectivity index (χ2n) is 6.43. The molecule has 1 aliphatic rings. The van der Waals surface area contributed by atoms with Crippen molar-refractivity contribution in [1.29, 1.82) is 5.26 Å². The quantitative estimate of drug-likeness (QED) is 0.655. The fourth-order valence-corrected chi connectivity index (χ4v) is 3.66. The maximum absolute atomic E-state index is 11.7. The summed E-state index contributed by atoms with van der Waals surface area (Å²) < 4.78 is 10.8. The Balaban J connectivity index is 2.74. The van der Waals surface area contributed by atoms with Gasteiger partial charge in [0.05, 0.1) is 0 Å². The van der Waals surface area contributed by atoms with Gasteiger partial charge in [0, 0.05) is 20.2 Å². The molecule has 1 unspecified atom stereocenters. The number of amidine groups is 1. The molecule has 7 nitrogen and oxygen atoms in total. The van der Waals surface area contributed by atoms with E-state index in [2.05, 4.69) is 23.3 Å². The normalized spacial score (nSPS) is 17.7. The molecule has 9 heteroatoms. The van der Waals surface area contributed by atoms with Crippen molar-refractivity contribution in [2.24, 2.45) is 4.99 Å². The Morgan fingerprint density at radius 3 is 2.65 bits per heavy atom. The van der Waals surface area contributed by atoms with Gasteiger partial charge in [0.1, 0.15) is 22.3 Å². The topological polar surface area (TPSA) is 87.0 Å². The lowest BCUT2D eigenvalue weighted by Crippen LogP contribution is -2.45. The van der Waals surface area contributed by atoms with E-state index >= 15 is 0 Å². The molecule has 0 radical (unpaired) electrons. The zero-order chi connectivity index (χ0) is 19.7. The summed E-state index contributed by atoms with van der Waals surface area (Å²) in [6, 6.07) is 2.22. The molecule has 146 valence electrons. The lowest BCUT2D eigenvalue weighted by atomic mass is 10.2. The van der Waals surface area contributed by atoms with E-state index in [0.29, 0.717) is 30.1 Å². The second-order valence-corrected chi connectivity index (χ2v) is 8.45. The first-order chi connectivity index (χ1) is 12.3. The van der Waals surface area contributed by atoms with Gasteiger partial charge >= 0.3 is 6.09 Å². The average molecular weight is 401 g/mol. The number of alkyl carbamates (subject to hydrolysis) is 1. The third kappa shape index (κ3) is 6.74. The molecule has 26 heavy (non-hydrogen) atoms. The van der Waals surface area contributed by atoms with E-state index in [0.717, 1.165) is 10.9 Å². The highest BCUT2D eigenvalue weighted by molar-refractivity contribution is 8.13. The first-order valence-corrected chi connectivity index (χ1v) is 10.6. The van der Waals surface area contributed by atoms with Crippen LogP contribution in [-0.2, 0) is 9.47 Å². The van der Waals surface area contributed by atoms with Crippen molar-refractivity contribution < 1.29 is 14.3 Å². The van der Waals surface area contributed by atoms with Crippen molar-refractivity contribution in [3.63, 3.8) is 0 Å². The van der Waals surface area contributed by atoms with Crippen LogP contribution in [0.2, 0.25) is 0 Å². The van der Waals surface area contributed by atoms with Crippen molar-refractivity contribution >= 4 is 34.8 Å². The fraction of sp³-hybridized carbons (Fsp3) is 0.706. The Labute approximate surface area is 164 Å². The van der Waals surface area contributed by atoms with Crippen LogP contribution >= 0.6 is 23.5 Å². The minimum atomic E-state index is -0.517. The highest BCUT2D eigenvalue weighted by Gasteiger charge is 2.32. The number of nitrogens with zero attached hydrogens (tertiary/aromatic N) is 3. The highest BCUT2D eigenvalue weighted by atomic mass is 32.2. The van der Waals surface area contributed by atoms with Gasteiger partial charge in [-0.15, -0.1) is 11.8 Å². The van der Waals surface area contributed by atoms with Gasteiger partial charge in [0.25, 0.3) is 0 Å². The lowest BCUT2D eigenvalue weighted by molar-refractivity contribution is 0.0373. The molecule has 0 fully saturated rings. The number of nitriles is 1. The Morgan fingerprint density at radius 2 is 2.15 bits per heavy atom. The van der Waals surface area contributed by atoms with E-state index in [1.807, 2.05) is 31.9 Å². The molecule has 0 aromatic heterocycles. The SMILES string of the molecule is CCSC1=NC(SC)=C(C#N)C(OC)N1CCCNC(=O)OC(C)(C)C. The minimum Gasteiger partial charge on any atom is -0.444 e. The summed E-state index contributed by atoms with van der Waals surface area (Å²) in [5.41, 5.74) is -0.00305. The van der Waals surface area contributed by atoms with Gasteiger partial charge in [-0.2, -0.15) is 5.26 Å². The Kier molecular flexibility index (Phi) is 9.33. The number of rotatable bonds is 7. The molecule has 0 saturated heterocycles. The summed E-state index contributed by atoms with van der Waals surface area (Å²) in [7, 11) is 1.59. The Morgan fingerprint density at radius 1 is 1.46 bits per heavy atom. The Hall–Kier alpha value is -1.37. The number of carbonyl (C=O) groups excluding carboxylic acids is 1. The largest absolute Gasteiger partial charge is 0.444 e. The van der Waals surface area contributed by atoms with Gasteiger partial charge in [-0.3, -0.25) is 0 Å². The van der Waals surface area contributed by atoms with Crippen LogP contribution in [-0.4, -0.2) is 60.2 Å². The predicted octanol–water partition coefficient (Wildman–Crippen LogP) is 3.40. The molecular formula is C17H28N4O3S2. The van der Waals surface area contributed by atoms with Crippen LogP contribution in [0.4, 0.5) is 4.79 Å². The third-order valence-corrected chi connectivity index (χ3v) is 4.83. The van der Waals surface area contributed by atoms with E-state index in [-0.39, 0.29) is 0 Å². The van der Waals surface area contributed by atoms with Gasteiger partial charge in [-0.1, -0.05) is 18.7 Å². The molecule has 1 aliphatic heterocycles. The van der Waals surface area contributed by atoms with Crippen molar-refractivity contribution in [2.45, 2.75) is 45.9 Å². The third-order valence-electron chi connectivity index (χ3n) is 3.26. The molecule has 1 heterocycles. The molecule has 1 N–H and O–H groups in total. The zero-order valence-corrected chi connectivity index (χ0v) is 17.9. The predicted molar refractivity (Wildman–Crippen MR) is 108 cm³/mol. The van der Waals surface area contributed by atoms with Gasteiger partial charge in [0.2, 0.25) is 0 Å². The van der Waals surface area contributed by atoms with Crippen LogP contribution in [0.1, 0.15) is 34.1 Å². The number of thioether (sulfide) groups is 2. The van der Waals surface area contributed by atoms with E-state index in [1.54, 1.807) is 18.9 Å². The summed E-state index contributed by atoms with van der Waals surface area (Å²) in [6.45, 7) is 8.60. The minimum absolute atomic E-state index is 0.432. The second kappa shape index (κ2) is 10.7. The molecule has 0 bridgehead atoms. The smallest absolute Gasteiger partial charge is 0.407 e. The molecule has 0 aromatic rings. The molecule has 1 amide bonds. The summed E-state index contributed by atoms with van der Waals surface area (Å²) in [6.07, 6.45) is 1.68. The van der Waals surface area contributed by atoms with E-state index in [4.69, 9.17) is 9.47 Å². The number of hydrogen-bond donors (Lipinski definition) is 1. The van der Waals surface area contributed by atoms with Crippen molar-refractivity contribution in [1.82, 2.24) is 10.2 Å². The van der Waals surface area contributed by atoms with Crippen LogP contribution in [0.25, 0.3) is 0 Å². The molecule has 0 spiro atoms. The van der Waals surface area contributed by atoms with Crippen LogP contribution < -0.4 is 5.32 Å². The highest BCUT2D eigenvalue weighted by Crippen LogP contribution is 2.31. The van der Waals surface area contributed by atoms with Gasteiger partial charge in [0.15, 0.2) is 11.4 Å². The van der Waals surface area contributed by atoms with Crippen molar-refractivity contribution in [3.8, 4) is 6.07 Å². The number of carbonyl (C=O) groups is 1. The maximum Gasteiger partial charge on any atom is 0.407 e. The van der Waals surface area contributed by atoms with Crippen molar-refractivity contribution in [2.75, 3.05) is 32.2 Å². The number of amides is 1. The average Bonchev–Trinajstić information content (AvgIpc) is 2.57. The molecule has 0 aliphatic carbocycles. The zero-order valence-electron chi connectivity index (χ0n) is 16.3. The van der Waals surface area contributed by atoms with Gasteiger partial charge in [-0.25, -0.2) is 9.79 Å². The van der Waals surface area contributed by atoms with Crippen LogP contribution in [0.3, 0.4) is 0 Å². The van der Waals surface area contributed by atoms with Crippen LogP contribution in [0.5, 0.6) is 0 Å². The molecule has 1 atom stereocenters. The summed E-state index contributed by atoms with van der Waals surface area (Å²) >= 11 is 3.05. The van der Waals surface area contributed by atoms with Crippen LogP contribution in [0, 0.1) is 11.3 Å². The lowest BCUT2D eigenvalue weighted by Gasteiger charge is -2.35. The molecule has 1 rings (SSSR count). The van der Waals surface area contributed by atoms with Crippen LogP contribution in [0.15, 0.2) is 15.6 Å². The summed E-state index contributed by atoms with van der Waals surface area (Å²) in [5.74, 6) is 0.867. The van der Waals surface area contributed by atoms with Gasteiger partial charge in [-0.05, 0) is 39.2 Å². The fourth-order valence-electron chi connectivity index (χ4n) is 2.29. The first kappa shape index (κ1) is 22.7. The van der Waals surface area contributed by atoms with Gasteiger partial charge < -0.3 is 19.7 Å². The molecule has 0 saturated carbocycles. The summed E-state index contributed by atoms with van der Waals surface area (Å²) in [5, 5.41) is 13.8. The van der Waals surface area contributed by atoms with E-state index < -0.39 is 17.9 Å². The van der Waals surface area contributed by atoms with E-state index in [1.165, 1.54) is 11.8 Å². The number of ether oxygens (including phenoxy) is 2. The molecular weight excluding hydrogens is 372 g/mol. The number of nitrogens with one attached hydrogen (secondary N) is 1. The number of aliphatic imine (C=N–C) groups is 1. The Bertz CT molecular complexity index is 594. The number of methoxy groups -OCH3 is 1. The standard InChI is InChI=1S/C17H28N4O3S2/c1-7-26-15-20-13(25-6)12(11-18)14(23-5)21(15)10-8-9-19-16(22)24-17(2,3)4/h14H,7-10H2,1-6H3,(H,19,22). The number of hydrogen-bond acceptors (Lipinski definition) is 8. The van der Waals surface area contributed by atoms with E-state index in [9.17, 15) is 10.1 Å². The van der Waals surface area contributed by atoms with Crippen molar-refractivity contribution in [3.05, 3.63) is 10.6 Å². The molecule has 0 aromatic carbocycles.